The van der Waals surface area contributed by atoms with E-state index in [9.17, 15) is 14.4 Å². The van der Waals surface area contributed by atoms with Gasteiger partial charge < -0.3 is 19.9 Å². The number of hydrogen-bond donors (Lipinski definition) is 1. The molecule has 1 fully saturated rings. The summed E-state index contributed by atoms with van der Waals surface area (Å²) in [5.41, 5.74) is 0.858. The SMILES string of the molecule is COc1ccc(C=CC(=O)NC(C)C(=O)N2CCN(C(=O)c3ccc(C)s3)CC2)cc1. The maximum atomic E-state index is 12.7. The Hall–Kier alpha value is -3.13. The van der Waals surface area contributed by atoms with Gasteiger partial charge in [0.05, 0.1) is 12.0 Å². The number of amides is 3. The molecule has 1 aliphatic rings. The number of carbonyl (C=O) groups excluding carboxylic acids is 3. The molecule has 3 amide bonds. The van der Waals surface area contributed by atoms with Crippen molar-refractivity contribution in [3.05, 3.63) is 57.8 Å². The van der Waals surface area contributed by atoms with E-state index >= 15 is 0 Å². The number of benzene rings is 1. The second kappa shape index (κ2) is 10.3. The van der Waals surface area contributed by atoms with Gasteiger partial charge in [-0.1, -0.05) is 12.1 Å². The summed E-state index contributed by atoms with van der Waals surface area (Å²) >= 11 is 1.48. The normalized spacial score (nSPS) is 15.1. The molecule has 1 aromatic carbocycles. The highest BCUT2D eigenvalue weighted by atomic mass is 32.1. The van der Waals surface area contributed by atoms with Crippen LogP contribution in [-0.2, 0) is 9.59 Å². The average molecular weight is 442 g/mol. The summed E-state index contributed by atoms with van der Waals surface area (Å²) in [5, 5.41) is 2.71. The summed E-state index contributed by atoms with van der Waals surface area (Å²) in [6.07, 6.45) is 3.09. The summed E-state index contributed by atoms with van der Waals surface area (Å²) in [7, 11) is 1.60. The average Bonchev–Trinajstić information content (AvgIpc) is 3.23. The molecule has 8 heteroatoms. The lowest BCUT2D eigenvalue weighted by molar-refractivity contribution is -0.136. The molecule has 2 aromatic rings. The van der Waals surface area contributed by atoms with Gasteiger partial charge in [0.1, 0.15) is 11.8 Å². The fourth-order valence-corrected chi connectivity index (χ4v) is 4.15. The van der Waals surface area contributed by atoms with E-state index in [1.54, 1.807) is 29.9 Å². The van der Waals surface area contributed by atoms with Crippen molar-refractivity contribution in [3.63, 3.8) is 0 Å². The van der Waals surface area contributed by atoms with Crippen LogP contribution in [-0.4, -0.2) is 66.9 Å². The maximum absolute atomic E-state index is 12.7. The highest BCUT2D eigenvalue weighted by Gasteiger charge is 2.28. The summed E-state index contributed by atoms with van der Waals surface area (Å²) in [6.45, 7) is 5.53. The van der Waals surface area contributed by atoms with Crippen LogP contribution in [0, 0.1) is 6.92 Å². The number of hydrogen-bond acceptors (Lipinski definition) is 5. The summed E-state index contributed by atoms with van der Waals surface area (Å²) in [6, 6.07) is 10.4. The molecule has 0 saturated carbocycles. The van der Waals surface area contributed by atoms with Crippen LogP contribution in [0.2, 0.25) is 0 Å². The van der Waals surface area contributed by atoms with Crippen LogP contribution in [0.25, 0.3) is 6.08 Å². The number of rotatable bonds is 6. The van der Waals surface area contributed by atoms with Gasteiger partial charge in [0, 0.05) is 37.1 Å². The Kier molecular flexibility index (Phi) is 7.46. The molecule has 2 heterocycles. The van der Waals surface area contributed by atoms with Gasteiger partial charge in [-0.2, -0.15) is 0 Å². The number of piperazine rings is 1. The smallest absolute Gasteiger partial charge is 0.264 e. The second-order valence-corrected chi connectivity index (χ2v) is 8.65. The lowest BCUT2D eigenvalue weighted by Gasteiger charge is -2.35. The van der Waals surface area contributed by atoms with E-state index in [4.69, 9.17) is 4.74 Å². The van der Waals surface area contributed by atoms with E-state index < -0.39 is 6.04 Å². The van der Waals surface area contributed by atoms with Crippen LogP contribution in [0.15, 0.2) is 42.5 Å². The molecule has 0 spiro atoms. The van der Waals surface area contributed by atoms with Gasteiger partial charge in [0.25, 0.3) is 5.91 Å². The van der Waals surface area contributed by atoms with Crippen molar-refractivity contribution in [2.75, 3.05) is 33.3 Å². The third-order valence-electron chi connectivity index (χ3n) is 5.10. The van der Waals surface area contributed by atoms with Gasteiger partial charge >= 0.3 is 0 Å². The third-order valence-corrected chi connectivity index (χ3v) is 6.09. The predicted octanol–water partition coefficient (Wildman–Crippen LogP) is 2.57. The van der Waals surface area contributed by atoms with Gasteiger partial charge in [-0.25, -0.2) is 0 Å². The first-order valence-electron chi connectivity index (χ1n) is 10.1. The summed E-state index contributed by atoms with van der Waals surface area (Å²) in [5.74, 6) is 0.271. The fourth-order valence-electron chi connectivity index (χ4n) is 3.32. The first-order chi connectivity index (χ1) is 14.9. The molecule has 7 nitrogen and oxygen atoms in total. The third kappa shape index (κ3) is 5.95. The van der Waals surface area contributed by atoms with Crippen molar-refractivity contribution in [1.29, 1.82) is 0 Å². The quantitative estimate of drug-likeness (QED) is 0.699. The monoisotopic (exact) mass is 441 g/mol. The van der Waals surface area contributed by atoms with Gasteiger partial charge in [-0.3, -0.25) is 14.4 Å². The van der Waals surface area contributed by atoms with E-state index in [2.05, 4.69) is 5.32 Å². The van der Waals surface area contributed by atoms with E-state index in [-0.39, 0.29) is 17.7 Å². The molecule has 164 valence electrons. The van der Waals surface area contributed by atoms with Crippen LogP contribution in [0.1, 0.15) is 27.0 Å². The number of methoxy groups -OCH3 is 1. The van der Waals surface area contributed by atoms with Gasteiger partial charge in [0.2, 0.25) is 11.8 Å². The summed E-state index contributed by atoms with van der Waals surface area (Å²) < 4.78 is 5.11. The van der Waals surface area contributed by atoms with Crippen molar-refractivity contribution in [1.82, 2.24) is 15.1 Å². The summed E-state index contributed by atoms with van der Waals surface area (Å²) in [4.78, 5) is 42.7. The minimum absolute atomic E-state index is 0.00946. The zero-order valence-electron chi connectivity index (χ0n) is 18.0. The first kappa shape index (κ1) is 22.6. The molecule has 1 N–H and O–H groups in total. The maximum Gasteiger partial charge on any atom is 0.264 e. The van der Waals surface area contributed by atoms with E-state index in [0.29, 0.717) is 26.2 Å². The van der Waals surface area contributed by atoms with Crippen LogP contribution in [0.5, 0.6) is 5.75 Å². The highest BCUT2D eigenvalue weighted by Crippen LogP contribution is 2.18. The zero-order valence-corrected chi connectivity index (χ0v) is 18.8. The standard InChI is InChI=1S/C23H27N3O4S/c1-16-4-10-20(31-16)23(29)26-14-12-25(13-15-26)22(28)17(2)24-21(27)11-7-18-5-8-19(30-3)9-6-18/h4-11,17H,12-15H2,1-3H3,(H,24,27). The Morgan fingerprint density at radius 3 is 2.26 bits per heavy atom. The largest absolute Gasteiger partial charge is 0.497 e. The molecule has 1 aliphatic heterocycles. The molecule has 3 rings (SSSR count). The van der Waals surface area contributed by atoms with Gasteiger partial charge in [-0.05, 0) is 49.8 Å². The number of thiophene rings is 1. The van der Waals surface area contributed by atoms with Crippen molar-refractivity contribution in [2.24, 2.45) is 0 Å². The van der Waals surface area contributed by atoms with E-state index in [0.717, 1.165) is 21.1 Å². The lowest BCUT2D eigenvalue weighted by atomic mass is 10.2. The van der Waals surface area contributed by atoms with Crippen molar-refractivity contribution in [3.8, 4) is 5.75 Å². The number of nitrogens with zero attached hydrogens (tertiary/aromatic N) is 2. The number of nitrogens with one attached hydrogen (secondary N) is 1. The molecule has 1 unspecified atom stereocenters. The Balaban J connectivity index is 1.47. The van der Waals surface area contributed by atoms with Crippen molar-refractivity contribution in [2.45, 2.75) is 19.9 Å². The molecular weight excluding hydrogens is 414 g/mol. The number of carbonyl (C=O) groups is 3. The number of aryl methyl sites for hydroxylation is 1. The van der Waals surface area contributed by atoms with Crippen molar-refractivity contribution < 1.29 is 19.1 Å². The predicted molar refractivity (Wildman–Crippen MR) is 121 cm³/mol. The van der Waals surface area contributed by atoms with E-state index in [1.165, 1.54) is 17.4 Å². The molecule has 31 heavy (non-hydrogen) atoms. The fraction of sp³-hybridized carbons (Fsp3) is 0.348. The van der Waals surface area contributed by atoms with Crippen LogP contribution < -0.4 is 10.1 Å². The molecular formula is C23H27N3O4S. The lowest BCUT2D eigenvalue weighted by Crippen LogP contribution is -2.55. The number of ether oxygens (including phenoxy) is 1. The molecule has 0 bridgehead atoms. The molecule has 0 aliphatic carbocycles. The molecule has 1 atom stereocenters. The Morgan fingerprint density at radius 1 is 1.03 bits per heavy atom. The van der Waals surface area contributed by atoms with Crippen LogP contribution in [0.4, 0.5) is 0 Å². The first-order valence-corrected chi connectivity index (χ1v) is 11.0. The van der Waals surface area contributed by atoms with Gasteiger partial charge in [-0.15, -0.1) is 11.3 Å². The molecule has 0 radical (unpaired) electrons. The second-order valence-electron chi connectivity index (χ2n) is 7.36. The van der Waals surface area contributed by atoms with E-state index in [1.807, 2.05) is 43.3 Å². The highest BCUT2D eigenvalue weighted by molar-refractivity contribution is 7.13. The minimum atomic E-state index is -0.643. The van der Waals surface area contributed by atoms with Crippen molar-refractivity contribution >= 4 is 35.1 Å². The molecule has 1 aromatic heterocycles. The zero-order chi connectivity index (χ0) is 22.4. The van der Waals surface area contributed by atoms with Gasteiger partial charge in [0.15, 0.2) is 0 Å². The Labute approximate surface area is 186 Å². The topological polar surface area (TPSA) is 79.0 Å². The van der Waals surface area contributed by atoms with Crippen LogP contribution in [0.3, 0.4) is 0 Å². The minimum Gasteiger partial charge on any atom is -0.497 e. The Morgan fingerprint density at radius 2 is 1.68 bits per heavy atom. The molecule has 1 saturated heterocycles. The van der Waals surface area contributed by atoms with Crippen LogP contribution >= 0.6 is 11.3 Å². The Bertz CT molecular complexity index is 959.